The summed E-state index contributed by atoms with van der Waals surface area (Å²) in [6, 6.07) is 23.2. The molecule has 6 aromatic carbocycles. The van der Waals surface area contributed by atoms with E-state index in [2.05, 4.69) is 41.0 Å². The molecule has 4 heterocycles. The fourth-order valence-electron chi connectivity index (χ4n) is 10.8. The van der Waals surface area contributed by atoms with Gasteiger partial charge in [0, 0.05) is 46.2 Å². The first-order valence-corrected chi connectivity index (χ1v) is 28.8. The van der Waals surface area contributed by atoms with E-state index in [0.29, 0.717) is 120 Å². The van der Waals surface area contributed by atoms with E-state index in [1.165, 1.54) is 0 Å². The van der Waals surface area contributed by atoms with Crippen LogP contribution in [0.5, 0.6) is 81.5 Å². The summed E-state index contributed by atoms with van der Waals surface area (Å²) in [5.41, 5.74) is 10.5. The van der Waals surface area contributed by atoms with Gasteiger partial charge in [0.15, 0.2) is 46.0 Å². The Balaban J connectivity index is 1.21. The Labute approximate surface area is 522 Å². The molecular formula is C68H70N12O10. The Morgan fingerprint density at radius 2 is 0.456 bits per heavy atom. The molecule has 0 saturated heterocycles. The van der Waals surface area contributed by atoms with Gasteiger partial charge in [-0.25, -0.2) is 24.9 Å². The first-order valence-electron chi connectivity index (χ1n) is 28.8. The molecule has 0 aliphatic heterocycles. The van der Waals surface area contributed by atoms with E-state index in [1.807, 2.05) is 122 Å². The Bertz CT molecular complexity index is 3900. The lowest BCUT2D eigenvalue weighted by atomic mass is 9.92. The molecule has 0 bridgehead atoms. The molecule has 22 nitrogen and oxygen atoms in total. The standard InChI is InChI=1S/C68H70N12O10/c1-33-19-45(47(53(25-33)81-13)31-59-72-39(7)69-40(8)73-59)50-22-36(4)28-56(84-16)62(50)89-67-78-60(32-48-46(20-34(2)26-54(48)82-14)49-21-35(3)27-55(83-15)61(49)87-65-74-41(9)70-42(10)75-65)79-68(80-67)90-64-52(24-38(6)30-58(64)86-18)51-23-37(5)29-57(85-17)63(51)88-66-76-43(11)71-44(12)77-66/h19-30H,31-32H2,1-18H3. The fraction of sp³-hybridized carbons (Fsp3) is 0.294. The molecule has 90 heavy (non-hydrogen) atoms. The Hall–Kier alpha value is -10.6. The van der Waals surface area contributed by atoms with E-state index >= 15 is 0 Å². The van der Waals surface area contributed by atoms with Crippen LogP contribution in [0.4, 0.5) is 0 Å². The largest absolute Gasteiger partial charge is 0.496 e. The van der Waals surface area contributed by atoms with Crippen molar-refractivity contribution in [3.8, 4) is 115 Å². The van der Waals surface area contributed by atoms with E-state index in [9.17, 15) is 0 Å². The minimum absolute atomic E-state index is 0.00526. The van der Waals surface area contributed by atoms with Gasteiger partial charge in [-0.3, -0.25) is 0 Å². The summed E-state index contributed by atoms with van der Waals surface area (Å²) < 4.78 is 64.2. The zero-order valence-corrected chi connectivity index (χ0v) is 53.8. The van der Waals surface area contributed by atoms with Gasteiger partial charge in [-0.1, -0.05) is 12.1 Å². The maximum absolute atomic E-state index is 7.11. The quantitative estimate of drug-likeness (QED) is 0.0648. The van der Waals surface area contributed by atoms with Crippen LogP contribution in [0.2, 0.25) is 0 Å². The second kappa shape index (κ2) is 26.4. The van der Waals surface area contributed by atoms with E-state index in [1.54, 1.807) is 70.4 Å². The first-order chi connectivity index (χ1) is 43.1. The number of nitrogens with zero attached hydrogens (tertiary/aromatic N) is 12. The van der Waals surface area contributed by atoms with E-state index in [-0.39, 0.29) is 54.2 Å². The molecule has 0 spiro atoms. The molecule has 0 atom stereocenters. The van der Waals surface area contributed by atoms with Crippen molar-refractivity contribution >= 4 is 0 Å². The number of ether oxygens (including phenoxy) is 10. The van der Waals surface area contributed by atoms with Gasteiger partial charge in [-0.05, 0) is 188 Å². The van der Waals surface area contributed by atoms with Gasteiger partial charge in [-0.15, -0.1) is 4.98 Å². The highest BCUT2D eigenvalue weighted by molar-refractivity contribution is 5.84. The predicted octanol–water partition coefficient (Wildman–Crippen LogP) is 13.5. The maximum Gasteiger partial charge on any atom is 0.328 e. The van der Waals surface area contributed by atoms with Gasteiger partial charge < -0.3 is 47.4 Å². The van der Waals surface area contributed by atoms with Crippen molar-refractivity contribution in [2.24, 2.45) is 0 Å². The number of benzene rings is 6. The third-order valence-electron chi connectivity index (χ3n) is 14.4. The number of hydrogen-bond acceptors (Lipinski definition) is 22. The van der Waals surface area contributed by atoms with Crippen molar-refractivity contribution in [3.63, 3.8) is 0 Å². The normalized spacial score (nSPS) is 11.1. The van der Waals surface area contributed by atoms with Gasteiger partial charge in [0.1, 0.15) is 58.1 Å². The van der Waals surface area contributed by atoms with Crippen molar-refractivity contribution in [2.45, 2.75) is 95.9 Å². The molecule has 0 saturated carbocycles. The number of methoxy groups -OCH3 is 6. The monoisotopic (exact) mass is 1210 g/mol. The van der Waals surface area contributed by atoms with Crippen LogP contribution in [0.15, 0.2) is 72.8 Å². The van der Waals surface area contributed by atoms with Crippen LogP contribution in [0.3, 0.4) is 0 Å². The van der Waals surface area contributed by atoms with Crippen LogP contribution < -0.4 is 47.4 Å². The van der Waals surface area contributed by atoms with Crippen molar-refractivity contribution in [2.75, 3.05) is 42.7 Å². The number of rotatable bonds is 21. The summed E-state index contributed by atoms with van der Waals surface area (Å²) in [7, 11) is 9.52. The average Bonchev–Trinajstić information content (AvgIpc) is 0.795. The molecule has 0 aliphatic carbocycles. The first kappa shape index (κ1) is 62.4. The lowest BCUT2D eigenvalue weighted by Gasteiger charge is -2.21. The van der Waals surface area contributed by atoms with Crippen molar-refractivity contribution in [3.05, 3.63) is 164 Å². The summed E-state index contributed by atoms with van der Waals surface area (Å²) in [6.07, 6.45) is 0.294. The molecular weight excluding hydrogens is 1140 g/mol. The van der Waals surface area contributed by atoms with Gasteiger partial charge in [0.25, 0.3) is 0 Å². The van der Waals surface area contributed by atoms with Gasteiger partial charge in [0.05, 0.1) is 42.7 Å². The second-order valence-electron chi connectivity index (χ2n) is 21.7. The van der Waals surface area contributed by atoms with Crippen LogP contribution in [0.1, 0.15) is 91.1 Å². The third-order valence-corrected chi connectivity index (χ3v) is 14.4. The SMILES string of the molecule is COc1cc(C)cc(-c2cc(C)cc(OC)c2Oc2nc(C)nc(C)n2)c1Cc1nc(Oc2c(OC)cc(C)cc2-c2cc(C)cc(OC)c2Cc2nc(C)nc(C)n2)nc(Oc2c(OC)cc(C)cc2-c2cc(C)cc(OC)c2Oc2nc(C)nc(C)n2)n1. The highest BCUT2D eigenvalue weighted by Crippen LogP contribution is 2.51. The van der Waals surface area contributed by atoms with Crippen LogP contribution in [-0.4, -0.2) is 102 Å². The van der Waals surface area contributed by atoms with Crippen molar-refractivity contribution in [1.82, 2.24) is 59.8 Å². The van der Waals surface area contributed by atoms with Crippen molar-refractivity contribution in [1.29, 1.82) is 0 Å². The van der Waals surface area contributed by atoms with Gasteiger partial charge >= 0.3 is 24.0 Å². The molecule has 0 unspecified atom stereocenters. The molecule has 0 aliphatic rings. The van der Waals surface area contributed by atoms with E-state index in [4.69, 9.17) is 72.3 Å². The molecule has 462 valence electrons. The average molecular weight is 1220 g/mol. The Morgan fingerprint density at radius 1 is 0.233 bits per heavy atom. The molecule has 10 rings (SSSR count). The maximum atomic E-state index is 7.11. The number of aryl methyl sites for hydroxylation is 12. The molecule has 0 radical (unpaired) electrons. The minimum atomic E-state index is -0.176. The highest BCUT2D eigenvalue weighted by atomic mass is 16.5. The Morgan fingerprint density at radius 3 is 0.733 bits per heavy atom. The smallest absolute Gasteiger partial charge is 0.328 e. The molecule has 0 fully saturated rings. The van der Waals surface area contributed by atoms with Gasteiger partial charge in [0.2, 0.25) is 0 Å². The molecule has 0 amide bonds. The fourth-order valence-corrected chi connectivity index (χ4v) is 10.8. The number of aromatic nitrogens is 12. The molecule has 4 aromatic heterocycles. The lowest BCUT2D eigenvalue weighted by molar-refractivity contribution is 0.347. The molecule has 22 heteroatoms. The summed E-state index contributed by atoms with van der Waals surface area (Å²) in [5.74, 6) is 7.72. The zero-order chi connectivity index (χ0) is 64.2. The number of hydrogen-bond donors (Lipinski definition) is 0. The molecule has 0 N–H and O–H groups in total. The van der Waals surface area contributed by atoms with Crippen LogP contribution >= 0.6 is 0 Å². The van der Waals surface area contributed by atoms with Crippen LogP contribution in [0.25, 0.3) is 33.4 Å². The Kier molecular flexibility index (Phi) is 18.3. The second-order valence-corrected chi connectivity index (χ2v) is 21.7. The van der Waals surface area contributed by atoms with Crippen molar-refractivity contribution < 1.29 is 47.4 Å². The summed E-state index contributed by atoms with van der Waals surface area (Å²) >= 11 is 0. The summed E-state index contributed by atoms with van der Waals surface area (Å²) in [5, 5.41) is 0. The summed E-state index contributed by atoms with van der Waals surface area (Å²) in [6.45, 7) is 22.6. The highest BCUT2D eigenvalue weighted by Gasteiger charge is 2.29. The zero-order valence-electron chi connectivity index (χ0n) is 53.8. The van der Waals surface area contributed by atoms with Crippen LogP contribution in [0, 0.1) is 83.1 Å². The van der Waals surface area contributed by atoms with Gasteiger partial charge in [-0.2, -0.15) is 29.9 Å². The summed E-state index contributed by atoms with van der Waals surface area (Å²) in [4.78, 5) is 56.0. The third kappa shape index (κ3) is 13.7. The van der Waals surface area contributed by atoms with Crippen LogP contribution in [-0.2, 0) is 12.8 Å². The van der Waals surface area contributed by atoms with E-state index in [0.717, 1.165) is 44.5 Å². The molecule has 10 aromatic rings. The minimum Gasteiger partial charge on any atom is -0.496 e. The van der Waals surface area contributed by atoms with E-state index < -0.39 is 0 Å². The predicted molar refractivity (Wildman–Crippen MR) is 337 cm³/mol. The lowest BCUT2D eigenvalue weighted by Crippen LogP contribution is -2.08. The topological polar surface area (TPSA) is 247 Å².